The maximum atomic E-state index is 12.7. The number of carbonyl (C=O) groups excluding carboxylic acids is 1. The molecule has 0 N–H and O–H groups in total. The number of nitro benzene ring substituents is 1. The average molecular weight is 558 g/mol. The summed E-state index contributed by atoms with van der Waals surface area (Å²) in [5, 5.41) is 11.5. The van der Waals surface area contributed by atoms with Gasteiger partial charge in [-0.1, -0.05) is 49.0 Å². The van der Waals surface area contributed by atoms with Crippen molar-refractivity contribution < 1.29 is 28.7 Å². The van der Waals surface area contributed by atoms with E-state index < -0.39 is 28.2 Å². The van der Waals surface area contributed by atoms with Crippen molar-refractivity contribution in [3.05, 3.63) is 70.3 Å². The number of hydrogen-bond acceptors (Lipinski definition) is 9. The number of ether oxygens (including phenoxy) is 4. The zero-order valence-corrected chi connectivity index (χ0v) is 23.8. The van der Waals surface area contributed by atoms with E-state index in [1.165, 1.54) is 28.8 Å². The van der Waals surface area contributed by atoms with Crippen molar-refractivity contribution in [2.45, 2.75) is 76.6 Å². The van der Waals surface area contributed by atoms with Gasteiger partial charge in [-0.2, -0.15) is 0 Å². The molecule has 10 nitrogen and oxygen atoms in total. The molecule has 1 fully saturated rings. The Morgan fingerprint density at radius 1 is 1.18 bits per heavy atom. The number of carbonyl (C=O) groups is 1. The molecule has 210 valence electrons. The Kier molecular flexibility index (Phi) is 8.83. The van der Waals surface area contributed by atoms with Crippen LogP contribution in [0.1, 0.15) is 40.2 Å². The number of non-ortho nitro benzene ring substituents is 1. The summed E-state index contributed by atoms with van der Waals surface area (Å²) >= 11 is 1.36. The first-order chi connectivity index (χ1) is 18.4. The van der Waals surface area contributed by atoms with Gasteiger partial charge in [0.1, 0.15) is 35.0 Å². The number of hydrogen-bond donors (Lipinski definition) is 0. The quantitative estimate of drug-likeness (QED) is 0.317. The van der Waals surface area contributed by atoms with Crippen molar-refractivity contribution in [2.24, 2.45) is 10.9 Å². The lowest BCUT2D eigenvalue weighted by molar-refractivity contribution is -0.384. The molecule has 0 spiro atoms. The van der Waals surface area contributed by atoms with E-state index in [4.69, 9.17) is 23.9 Å². The number of thioether (sulfide) groups is 1. The smallest absolute Gasteiger partial charge is 0.416 e. The number of amidine groups is 1. The van der Waals surface area contributed by atoms with Gasteiger partial charge in [-0.05, 0) is 45.4 Å². The number of rotatable bonds is 7. The Morgan fingerprint density at radius 2 is 1.85 bits per heavy atom. The molecule has 0 bridgehead atoms. The highest BCUT2D eigenvalue weighted by molar-refractivity contribution is 8.14. The number of aliphatic imine (C=N–C) groups is 1. The molecule has 2 aliphatic rings. The fraction of sp³-hybridized carbons (Fsp3) is 0.500. The van der Waals surface area contributed by atoms with E-state index in [2.05, 4.69) is 0 Å². The summed E-state index contributed by atoms with van der Waals surface area (Å²) in [6.07, 6.45) is -1.56. The molecule has 0 saturated carbocycles. The summed E-state index contributed by atoms with van der Waals surface area (Å²) in [5.41, 5.74) is 0.00918. The highest BCUT2D eigenvalue weighted by Crippen LogP contribution is 2.42. The lowest BCUT2D eigenvalue weighted by Gasteiger charge is -2.43. The molecule has 6 atom stereocenters. The normalized spacial score (nSPS) is 25.3. The minimum atomic E-state index is -0.635. The fourth-order valence-electron chi connectivity index (χ4n) is 4.56. The highest BCUT2D eigenvalue weighted by atomic mass is 32.2. The Balaban J connectivity index is 1.53. The zero-order chi connectivity index (χ0) is 28.3. The Labute approximate surface area is 232 Å². The maximum absolute atomic E-state index is 12.7. The summed E-state index contributed by atoms with van der Waals surface area (Å²) in [5.74, 6) is 0.395. The highest BCUT2D eigenvalue weighted by Gasteiger charge is 2.51. The minimum Gasteiger partial charge on any atom is -0.488 e. The maximum Gasteiger partial charge on any atom is 0.416 e. The van der Waals surface area contributed by atoms with Crippen LogP contribution in [0.25, 0.3) is 0 Å². The number of nitro groups is 1. The molecule has 2 aromatic rings. The summed E-state index contributed by atoms with van der Waals surface area (Å²) < 4.78 is 24.7. The molecule has 2 aliphatic heterocycles. The van der Waals surface area contributed by atoms with Gasteiger partial charge in [-0.15, -0.1) is 0 Å². The van der Waals surface area contributed by atoms with Gasteiger partial charge in [0.2, 0.25) is 0 Å². The van der Waals surface area contributed by atoms with E-state index in [0.29, 0.717) is 17.5 Å². The van der Waals surface area contributed by atoms with Crippen LogP contribution < -0.4 is 4.74 Å². The van der Waals surface area contributed by atoms with Crippen LogP contribution in [0, 0.1) is 16.0 Å². The van der Waals surface area contributed by atoms with Crippen molar-refractivity contribution in [3.63, 3.8) is 0 Å². The summed E-state index contributed by atoms with van der Waals surface area (Å²) in [6, 6.07) is 15.6. The van der Waals surface area contributed by atoms with Gasteiger partial charge in [-0.3, -0.25) is 20.0 Å². The van der Waals surface area contributed by atoms with Gasteiger partial charge in [0, 0.05) is 25.1 Å². The van der Waals surface area contributed by atoms with Crippen LogP contribution in [0.5, 0.6) is 5.75 Å². The van der Waals surface area contributed by atoms with Crippen molar-refractivity contribution >= 4 is 28.7 Å². The van der Waals surface area contributed by atoms with Crippen LogP contribution in [0.3, 0.4) is 0 Å². The average Bonchev–Trinajstić information content (AvgIpc) is 3.31. The largest absolute Gasteiger partial charge is 0.488 e. The minimum absolute atomic E-state index is 0.00403. The molecule has 2 heterocycles. The third-order valence-electron chi connectivity index (χ3n) is 6.50. The van der Waals surface area contributed by atoms with Crippen LogP contribution in [0.15, 0.2) is 59.6 Å². The van der Waals surface area contributed by atoms with Crippen molar-refractivity contribution in [3.8, 4) is 5.75 Å². The van der Waals surface area contributed by atoms with Gasteiger partial charge in [0.15, 0.2) is 5.17 Å². The Bertz CT molecular complexity index is 1190. The lowest BCUT2D eigenvalue weighted by Crippen LogP contribution is -2.55. The second-order valence-electron chi connectivity index (χ2n) is 10.7. The Hall–Kier alpha value is -3.15. The monoisotopic (exact) mass is 557 g/mol. The SMILES string of the molecule is CC(Oc1ccc([N+](=O)[O-])cc1)[C@H]1O[C@@H]2SC(N(C)C(=O)OC(C)(C)C)=N[C@@H]2[C@@H](OCc2ccccc2)[C@@H]1C. The van der Waals surface area contributed by atoms with E-state index in [1.54, 1.807) is 19.2 Å². The van der Waals surface area contributed by atoms with Gasteiger partial charge in [-0.25, -0.2) is 4.79 Å². The van der Waals surface area contributed by atoms with Crippen molar-refractivity contribution in [2.75, 3.05) is 7.05 Å². The first-order valence-electron chi connectivity index (χ1n) is 12.9. The molecule has 0 radical (unpaired) electrons. The van der Waals surface area contributed by atoms with Crippen LogP contribution in [-0.2, 0) is 20.8 Å². The van der Waals surface area contributed by atoms with Crippen LogP contribution >= 0.6 is 11.8 Å². The molecule has 4 rings (SSSR count). The molecule has 1 amide bonds. The molecular formula is C28H35N3O7S. The molecule has 2 aromatic carbocycles. The molecule has 39 heavy (non-hydrogen) atoms. The Morgan fingerprint density at radius 3 is 2.46 bits per heavy atom. The molecule has 0 aromatic heterocycles. The number of amides is 1. The summed E-state index contributed by atoms with van der Waals surface area (Å²) in [6.45, 7) is 9.81. The van der Waals surface area contributed by atoms with Crippen LogP contribution in [0.4, 0.5) is 10.5 Å². The van der Waals surface area contributed by atoms with E-state index in [-0.39, 0.29) is 29.9 Å². The van der Waals surface area contributed by atoms with E-state index in [1.807, 2.05) is 65.0 Å². The van der Waals surface area contributed by atoms with E-state index >= 15 is 0 Å². The predicted octanol–water partition coefficient (Wildman–Crippen LogP) is 5.65. The third kappa shape index (κ3) is 7.09. The van der Waals surface area contributed by atoms with Gasteiger partial charge in [0.25, 0.3) is 5.69 Å². The number of fused-ring (bicyclic) bond motifs is 1. The standard InChI is InChI=1S/C28H35N3O7S/c1-17-23(18(2)36-21-14-12-20(13-15-21)31(33)34)37-25-22(24(17)35-16-19-10-8-7-9-11-19)29-26(39-25)30(6)27(32)38-28(3,4)5/h7-15,17-18,22-25H,16H2,1-6H3/t17-,18?,22-,23+,24+,25-/m1/s1. The van der Waals surface area contributed by atoms with Crippen LogP contribution in [-0.4, -0.2) is 63.5 Å². The fourth-order valence-corrected chi connectivity index (χ4v) is 5.73. The molecule has 1 saturated heterocycles. The zero-order valence-electron chi connectivity index (χ0n) is 23.0. The second-order valence-corrected chi connectivity index (χ2v) is 11.8. The third-order valence-corrected chi connectivity index (χ3v) is 7.71. The lowest BCUT2D eigenvalue weighted by atomic mass is 9.87. The predicted molar refractivity (Wildman–Crippen MR) is 149 cm³/mol. The van der Waals surface area contributed by atoms with Crippen LogP contribution in [0.2, 0.25) is 0 Å². The van der Waals surface area contributed by atoms with E-state index in [9.17, 15) is 14.9 Å². The summed E-state index contributed by atoms with van der Waals surface area (Å²) in [4.78, 5) is 29.5. The van der Waals surface area contributed by atoms with Gasteiger partial charge < -0.3 is 18.9 Å². The molecule has 11 heteroatoms. The van der Waals surface area contributed by atoms with Gasteiger partial charge >= 0.3 is 6.09 Å². The summed E-state index contributed by atoms with van der Waals surface area (Å²) in [7, 11) is 1.64. The molecule has 1 unspecified atom stereocenters. The first-order valence-corrected chi connectivity index (χ1v) is 13.7. The van der Waals surface area contributed by atoms with Crippen molar-refractivity contribution in [1.82, 2.24) is 4.90 Å². The topological polar surface area (TPSA) is 113 Å². The van der Waals surface area contributed by atoms with Gasteiger partial charge in [0.05, 0.1) is 17.6 Å². The molecular weight excluding hydrogens is 522 g/mol. The number of benzene rings is 2. The first kappa shape index (κ1) is 28.8. The van der Waals surface area contributed by atoms with Crippen molar-refractivity contribution in [1.29, 1.82) is 0 Å². The second kappa shape index (κ2) is 11.9. The molecule has 0 aliphatic carbocycles. The number of nitrogens with zero attached hydrogens (tertiary/aromatic N) is 3. The van der Waals surface area contributed by atoms with E-state index in [0.717, 1.165) is 5.56 Å².